The third-order valence-electron chi connectivity index (χ3n) is 13.2. The number of nitrogens with one attached hydrogen (secondary N) is 1. The van der Waals surface area contributed by atoms with Crippen LogP contribution in [0, 0.1) is 17.8 Å². The average molecular weight is 792 g/mol. The number of aliphatic hydroxyl groups excluding tert-OH is 2. The van der Waals surface area contributed by atoms with Crippen molar-refractivity contribution in [1.29, 1.82) is 0 Å². The lowest BCUT2D eigenvalue weighted by atomic mass is 9.78. The van der Waals surface area contributed by atoms with Crippen LogP contribution < -0.4 is 10.1 Å². The lowest BCUT2D eigenvalue weighted by Crippen LogP contribution is -2.60. The zero-order chi connectivity index (χ0) is 41.2. The number of methoxy groups -OCH3 is 1. The first-order valence-corrected chi connectivity index (χ1v) is 21.1. The number of piperidine rings is 1. The van der Waals surface area contributed by atoms with E-state index in [0.29, 0.717) is 38.6 Å². The van der Waals surface area contributed by atoms with Crippen molar-refractivity contribution in [2.45, 2.75) is 166 Å². The highest BCUT2D eigenvalue weighted by Gasteiger charge is 2.58. The van der Waals surface area contributed by atoms with Gasteiger partial charge >= 0.3 is 5.97 Å². The zero-order valence-corrected chi connectivity index (χ0v) is 35.9. The van der Waals surface area contributed by atoms with Crippen molar-refractivity contribution < 1.29 is 48.5 Å². The predicted octanol–water partition coefficient (Wildman–Crippen LogP) is 3.74. The second kappa shape index (κ2) is 18.6. The van der Waals surface area contributed by atoms with Gasteiger partial charge in [0.1, 0.15) is 29.7 Å². The van der Waals surface area contributed by atoms with E-state index in [2.05, 4.69) is 36.2 Å². The van der Waals surface area contributed by atoms with Crippen LogP contribution >= 0.6 is 0 Å². The summed E-state index contributed by atoms with van der Waals surface area (Å²) in [6.45, 7) is 18.1. The summed E-state index contributed by atoms with van der Waals surface area (Å²) in [6, 6.07) is 7.49. The number of hydrogen-bond donors (Lipinski definition) is 4. The molecule has 2 bridgehead atoms. The van der Waals surface area contributed by atoms with Gasteiger partial charge in [-0.1, -0.05) is 32.9 Å². The molecule has 320 valence electrons. The van der Waals surface area contributed by atoms with Gasteiger partial charge in [0.15, 0.2) is 12.1 Å². The minimum absolute atomic E-state index is 0.0162. The van der Waals surface area contributed by atoms with Crippen LogP contribution in [0.2, 0.25) is 0 Å². The number of aliphatic hydroxyl groups is 3. The van der Waals surface area contributed by atoms with E-state index in [1.165, 1.54) is 12.5 Å². The SMILES string of the molecule is CC[C@H]1OC(=O)[C@H](C)[C@H]2OC3(CCN(CCc4cccc(OC)c4)CC3)O[C@](C)(C[C@@H](C)CN[C@H](C)[C@@H](O)[C@]1(C)O)[C@H](O[C@@H]1O[C@H](C)C[C@H](N(C)C)[C@H]1O)[C@H]2C. The highest BCUT2D eigenvalue weighted by atomic mass is 16.7. The van der Waals surface area contributed by atoms with Gasteiger partial charge in [-0.15, -0.1) is 0 Å². The van der Waals surface area contributed by atoms with Gasteiger partial charge in [0.25, 0.3) is 0 Å². The maximum atomic E-state index is 14.3. The summed E-state index contributed by atoms with van der Waals surface area (Å²) < 4.78 is 39.6. The molecule has 0 aliphatic carbocycles. The Balaban J connectivity index is 1.52. The molecule has 13 nitrogen and oxygen atoms in total. The van der Waals surface area contributed by atoms with E-state index in [-0.39, 0.29) is 18.1 Å². The molecule has 0 aromatic heterocycles. The molecule has 0 saturated carbocycles. The smallest absolute Gasteiger partial charge is 0.311 e. The Morgan fingerprint density at radius 3 is 2.41 bits per heavy atom. The molecule has 1 spiro atoms. The number of benzene rings is 1. The molecule has 1 aromatic carbocycles. The van der Waals surface area contributed by atoms with E-state index in [4.69, 9.17) is 28.4 Å². The van der Waals surface area contributed by atoms with Crippen molar-refractivity contribution in [2.24, 2.45) is 17.8 Å². The second-order valence-corrected chi connectivity index (χ2v) is 18.1. The predicted molar refractivity (Wildman–Crippen MR) is 213 cm³/mol. The summed E-state index contributed by atoms with van der Waals surface area (Å²) in [4.78, 5) is 18.7. The van der Waals surface area contributed by atoms with Crippen molar-refractivity contribution in [3.63, 3.8) is 0 Å². The number of likely N-dealkylation sites (tertiary alicyclic amines) is 1. The van der Waals surface area contributed by atoms with Gasteiger partial charge in [0, 0.05) is 50.5 Å². The van der Waals surface area contributed by atoms with E-state index in [1.54, 1.807) is 14.0 Å². The van der Waals surface area contributed by atoms with E-state index in [9.17, 15) is 20.1 Å². The Bertz CT molecular complexity index is 1420. The van der Waals surface area contributed by atoms with Crippen LogP contribution in [0.1, 0.15) is 93.1 Å². The van der Waals surface area contributed by atoms with Crippen molar-refractivity contribution in [3.8, 4) is 5.75 Å². The molecule has 4 aliphatic rings. The Morgan fingerprint density at radius 1 is 1.07 bits per heavy atom. The summed E-state index contributed by atoms with van der Waals surface area (Å²) in [5.74, 6) is -1.93. The first kappa shape index (κ1) is 45.2. The van der Waals surface area contributed by atoms with Gasteiger partial charge in [-0.2, -0.15) is 0 Å². The molecular formula is C43H73N3O10. The van der Waals surface area contributed by atoms with Crippen molar-refractivity contribution in [2.75, 3.05) is 47.4 Å². The maximum Gasteiger partial charge on any atom is 0.311 e. The summed E-state index contributed by atoms with van der Waals surface area (Å²) in [6.07, 6.45) is -2.07. The topological polar surface area (TPSA) is 152 Å². The monoisotopic (exact) mass is 792 g/mol. The van der Waals surface area contributed by atoms with E-state index >= 15 is 0 Å². The van der Waals surface area contributed by atoms with Crippen LogP contribution in [0.15, 0.2) is 24.3 Å². The number of likely N-dealkylation sites (N-methyl/N-ethyl adjacent to an activating group) is 1. The van der Waals surface area contributed by atoms with Gasteiger partial charge in [0.05, 0.1) is 36.9 Å². The second-order valence-electron chi connectivity index (χ2n) is 18.1. The number of carbonyl (C=O) groups is 1. The van der Waals surface area contributed by atoms with Crippen LogP contribution in [-0.4, -0.2) is 150 Å². The highest BCUT2D eigenvalue weighted by Crippen LogP contribution is 2.47. The Kier molecular flexibility index (Phi) is 15.0. The molecule has 0 radical (unpaired) electrons. The van der Waals surface area contributed by atoms with Gasteiger partial charge < -0.3 is 58.9 Å². The van der Waals surface area contributed by atoms with E-state index < -0.39 is 77.6 Å². The summed E-state index contributed by atoms with van der Waals surface area (Å²) in [5, 5.41) is 38.2. The molecule has 4 aliphatic heterocycles. The van der Waals surface area contributed by atoms with Crippen LogP contribution in [0.3, 0.4) is 0 Å². The van der Waals surface area contributed by atoms with Crippen LogP contribution in [0.25, 0.3) is 0 Å². The fourth-order valence-corrected chi connectivity index (χ4v) is 9.78. The average Bonchev–Trinajstić information content (AvgIpc) is 3.24. The molecule has 0 amide bonds. The first-order chi connectivity index (χ1) is 26.3. The molecule has 4 saturated heterocycles. The van der Waals surface area contributed by atoms with Crippen molar-refractivity contribution >= 4 is 5.97 Å². The Morgan fingerprint density at radius 2 is 1.77 bits per heavy atom. The molecule has 1 aromatic rings. The quantitative estimate of drug-likeness (QED) is 0.284. The fraction of sp³-hybridized carbons (Fsp3) is 0.837. The molecule has 0 unspecified atom stereocenters. The maximum absolute atomic E-state index is 14.3. The normalized spacial score (nSPS) is 41.8. The number of ether oxygens (including phenoxy) is 6. The first-order valence-electron chi connectivity index (χ1n) is 21.1. The number of fused-ring (bicyclic) bond motifs is 3. The van der Waals surface area contributed by atoms with Crippen molar-refractivity contribution in [3.05, 3.63) is 29.8 Å². The lowest BCUT2D eigenvalue weighted by Gasteiger charge is -2.49. The highest BCUT2D eigenvalue weighted by molar-refractivity contribution is 5.73. The van der Waals surface area contributed by atoms with Crippen molar-refractivity contribution in [1.82, 2.24) is 15.1 Å². The lowest BCUT2D eigenvalue weighted by molar-refractivity contribution is -0.332. The summed E-state index contributed by atoms with van der Waals surface area (Å²) in [5.41, 5.74) is -1.46. The molecular weight excluding hydrogens is 718 g/mol. The molecule has 56 heavy (non-hydrogen) atoms. The Hall–Kier alpha value is -1.91. The van der Waals surface area contributed by atoms with Crippen LogP contribution in [0.5, 0.6) is 5.75 Å². The largest absolute Gasteiger partial charge is 0.497 e. The zero-order valence-electron chi connectivity index (χ0n) is 35.9. The third-order valence-corrected chi connectivity index (χ3v) is 13.2. The number of rotatable bonds is 8. The standard InChI is InChI=1S/C43H73N3O10/c1-12-34-42(8,50)37(48)30(6)44-25-26(2)24-41(7)38(54-40-35(47)33(45(9)10)22-27(3)52-40)28(4)36(29(5)39(49)53-34)55-43(56-41)17-20-46(21-18-43)19-16-31-14-13-15-32(23-31)51-11/h13-15,23,26-30,33-38,40,44,47-48,50H,12,16-22,24-25H2,1-11H3/t26-,27-,28+,29-,30-,33+,34-,35-,36+,37-,38-,40+,41-,42-/m1/s1. The number of carbonyl (C=O) groups excluding carboxylic acids is 1. The van der Waals surface area contributed by atoms with E-state index in [0.717, 1.165) is 31.8 Å². The van der Waals surface area contributed by atoms with Gasteiger partial charge in [-0.05, 0) is 105 Å². The minimum Gasteiger partial charge on any atom is -0.497 e. The fourth-order valence-electron chi connectivity index (χ4n) is 9.78. The molecule has 4 N–H and O–H groups in total. The summed E-state index contributed by atoms with van der Waals surface area (Å²) in [7, 11) is 5.59. The van der Waals surface area contributed by atoms with Gasteiger partial charge in [0.2, 0.25) is 0 Å². The number of nitrogens with zero attached hydrogens (tertiary/aromatic N) is 2. The Labute approximate surface area is 335 Å². The van der Waals surface area contributed by atoms with Crippen LogP contribution in [-0.2, 0) is 34.9 Å². The summed E-state index contributed by atoms with van der Waals surface area (Å²) >= 11 is 0. The van der Waals surface area contributed by atoms with E-state index in [1.807, 2.05) is 58.8 Å². The molecule has 4 heterocycles. The van der Waals surface area contributed by atoms with Gasteiger partial charge in [-0.3, -0.25) is 4.79 Å². The molecule has 5 rings (SSSR count). The number of esters is 1. The third kappa shape index (κ3) is 10.1. The minimum atomic E-state index is -1.71. The number of cyclic esters (lactones) is 1. The van der Waals surface area contributed by atoms with Gasteiger partial charge in [-0.25, -0.2) is 0 Å². The number of hydrogen-bond acceptors (Lipinski definition) is 13. The molecule has 4 fully saturated rings. The molecule has 13 heteroatoms. The van der Waals surface area contributed by atoms with Crippen LogP contribution in [0.4, 0.5) is 0 Å². The molecule has 14 atom stereocenters.